The molecule has 3 heterocycles. The fourth-order valence-corrected chi connectivity index (χ4v) is 3.29. The number of rotatable bonds is 7. The van der Waals surface area contributed by atoms with Gasteiger partial charge in [0.15, 0.2) is 11.4 Å². The van der Waals surface area contributed by atoms with Gasteiger partial charge >= 0.3 is 6.36 Å². The maximum absolute atomic E-state index is 13.1. The van der Waals surface area contributed by atoms with Crippen LogP contribution >= 0.6 is 0 Å². The Labute approximate surface area is 190 Å². The maximum atomic E-state index is 13.1. The number of pyridine rings is 2. The number of hydrogen-bond acceptors (Lipinski definition) is 7. The minimum Gasteiger partial charge on any atom is -0.480 e. The molecule has 1 aromatic carbocycles. The molecular formula is C22H18F3N5O3. The number of methoxy groups -OCH3 is 1. The number of benzene rings is 1. The average molecular weight is 460 g/mol. The fourth-order valence-electron chi connectivity index (χ4n) is 3.29. The number of carbonyl (C=O) groups is 1. The highest BCUT2D eigenvalue weighted by molar-refractivity contribution is 5.99. The van der Waals surface area contributed by atoms with Gasteiger partial charge < -0.3 is 15.2 Å². The van der Waals surface area contributed by atoms with Crippen LogP contribution in [0, 0.1) is 0 Å². The lowest BCUT2D eigenvalue weighted by Crippen LogP contribution is -2.18. The molecule has 0 saturated carbocycles. The second-order valence-corrected chi connectivity index (χ2v) is 6.95. The smallest absolute Gasteiger partial charge is 0.480 e. The SMILES string of the molecule is [2H]C([2H])([2H])Oc1ncc(-c2ccn3nc(N)nc3c2)cc1C(=O)CCc1ccccc1OC(F)(F)F. The number of hydrogen-bond donors (Lipinski definition) is 1. The van der Waals surface area contributed by atoms with Gasteiger partial charge in [-0.25, -0.2) is 9.50 Å². The zero-order valence-corrected chi connectivity index (χ0v) is 16.8. The molecule has 4 aromatic rings. The molecule has 0 aliphatic rings. The van der Waals surface area contributed by atoms with Crippen molar-refractivity contribution in [3.8, 4) is 22.8 Å². The molecule has 0 fully saturated rings. The van der Waals surface area contributed by atoms with Crippen molar-refractivity contribution in [3.05, 3.63) is 66.0 Å². The number of aryl methyl sites for hydroxylation is 1. The zero-order valence-electron chi connectivity index (χ0n) is 19.8. The van der Waals surface area contributed by atoms with Gasteiger partial charge in [-0.2, -0.15) is 4.98 Å². The quantitative estimate of drug-likeness (QED) is 0.414. The van der Waals surface area contributed by atoms with Crippen LogP contribution in [0.2, 0.25) is 0 Å². The van der Waals surface area contributed by atoms with Gasteiger partial charge in [0.05, 0.1) is 16.7 Å². The summed E-state index contributed by atoms with van der Waals surface area (Å²) in [7, 11) is -2.88. The van der Waals surface area contributed by atoms with E-state index >= 15 is 0 Å². The summed E-state index contributed by atoms with van der Waals surface area (Å²) in [6, 6.07) is 10.2. The molecule has 4 rings (SSSR count). The van der Waals surface area contributed by atoms with Crippen molar-refractivity contribution < 1.29 is 31.6 Å². The molecular weight excluding hydrogens is 439 g/mol. The number of Topliss-reactive ketones (excluding diaryl/α,β-unsaturated/α-hetero) is 1. The van der Waals surface area contributed by atoms with Crippen molar-refractivity contribution in [1.82, 2.24) is 19.6 Å². The second kappa shape index (κ2) is 8.77. The predicted octanol–water partition coefficient (Wildman–Crippen LogP) is 4.10. The number of ketones is 1. The Kier molecular flexibility index (Phi) is 4.90. The molecule has 0 saturated heterocycles. The Morgan fingerprint density at radius 3 is 2.82 bits per heavy atom. The summed E-state index contributed by atoms with van der Waals surface area (Å²) >= 11 is 0. The van der Waals surface area contributed by atoms with E-state index < -0.39 is 30.8 Å². The molecule has 8 nitrogen and oxygen atoms in total. The van der Waals surface area contributed by atoms with Crippen LogP contribution in [0.1, 0.15) is 26.5 Å². The van der Waals surface area contributed by atoms with Crippen LogP contribution in [0.25, 0.3) is 16.8 Å². The molecule has 0 aliphatic carbocycles. The van der Waals surface area contributed by atoms with Crippen molar-refractivity contribution in [3.63, 3.8) is 0 Å². The van der Waals surface area contributed by atoms with Gasteiger partial charge in [0.2, 0.25) is 11.8 Å². The molecule has 170 valence electrons. The first-order chi connectivity index (χ1) is 16.9. The number of nitrogens with two attached hydrogens (primary N) is 1. The fraction of sp³-hybridized carbons (Fsp3) is 0.182. The molecule has 0 bridgehead atoms. The normalized spacial score (nSPS) is 13.2. The highest BCUT2D eigenvalue weighted by Crippen LogP contribution is 2.29. The van der Waals surface area contributed by atoms with Gasteiger partial charge in [0.1, 0.15) is 5.75 Å². The van der Waals surface area contributed by atoms with Crippen LogP contribution < -0.4 is 15.2 Å². The lowest BCUT2D eigenvalue weighted by atomic mass is 10.00. The third-order valence-electron chi connectivity index (χ3n) is 4.76. The summed E-state index contributed by atoms with van der Waals surface area (Å²) in [5.41, 5.74) is 7.08. The minimum absolute atomic E-state index is 0.0670. The van der Waals surface area contributed by atoms with E-state index in [9.17, 15) is 18.0 Å². The first kappa shape index (κ1) is 18.4. The summed E-state index contributed by atoms with van der Waals surface area (Å²) in [5, 5.41) is 3.98. The topological polar surface area (TPSA) is 105 Å². The summed E-state index contributed by atoms with van der Waals surface area (Å²) in [5.74, 6) is -1.36. The van der Waals surface area contributed by atoms with Gasteiger partial charge in [0.25, 0.3) is 0 Å². The van der Waals surface area contributed by atoms with Gasteiger partial charge in [-0.15, -0.1) is 18.3 Å². The number of ether oxygens (including phenoxy) is 2. The monoisotopic (exact) mass is 460 g/mol. The highest BCUT2D eigenvalue weighted by Gasteiger charge is 2.32. The van der Waals surface area contributed by atoms with Gasteiger partial charge in [-0.3, -0.25) is 4.79 Å². The summed E-state index contributed by atoms with van der Waals surface area (Å²) in [6.07, 6.45) is -2.33. The van der Waals surface area contributed by atoms with E-state index in [2.05, 4.69) is 19.8 Å². The number of aromatic nitrogens is 4. The van der Waals surface area contributed by atoms with Crippen molar-refractivity contribution >= 4 is 17.4 Å². The number of alkyl halides is 3. The molecule has 0 aliphatic heterocycles. The highest BCUT2D eigenvalue weighted by atomic mass is 19.4. The van der Waals surface area contributed by atoms with Crippen LogP contribution in [-0.4, -0.2) is 38.8 Å². The molecule has 0 spiro atoms. The summed E-state index contributed by atoms with van der Waals surface area (Å²) in [6.45, 7) is 0. The first-order valence-electron chi connectivity index (χ1n) is 11.1. The molecule has 0 amide bonds. The number of nitrogens with zero attached hydrogens (tertiary/aromatic N) is 4. The van der Waals surface area contributed by atoms with E-state index in [1.807, 2.05) is 0 Å². The number of fused-ring (bicyclic) bond motifs is 1. The number of para-hydroxylation sites is 1. The van der Waals surface area contributed by atoms with E-state index in [-0.39, 0.29) is 29.9 Å². The van der Waals surface area contributed by atoms with Gasteiger partial charge in [-0.1, -0.05) is 18.2 Å². The lowest BCUT2D eigenvalue weighted by molar-refractivity contribution is -0.274. The second-order valence-electron chi connectivity index (χ2n) is 6.95. The third kappa shape index (κ3) is 5.03. The van der Waals surface area contributed by atoms with E-state index in [0.717, 1.165) is 6.07 Å². The standard InChI is InChI=1S/C22H18F3N5O3/c1-32-20-16(17(31)7-6-13-4-2-3-5-18(13)33-22(23,24)25)10-15(12-27-20)14-8-9-30-19(11-14)28-21(26)29-30/h2-5,8-12H,6-7H2,1H3,(H2,26,29)/i1D3. The van der Waals surface area contributed by atoms with Gasteiger partial charge in [-0.05, 0) is 41.8 Å². The molecule has 33 heavy (non-hydrogen) atoms. The largest absolute Gasteiger partial charge is 0.573 e. The maximum Gasteiger partial charge on any atom is 0.573 e. The van der Waals surface area contributed by atoms with Crippen molar-refractivity contribution in [2.45, 2.75) is 19.2 Å². The van der Waals surface area contributed by atoms with Gasteiger partial charge in [0, 0.05) is 24.4 Å². The molecule has 11 heteroatoms. The average Bonchev–Trinajstić information content (AvgIpc) is 3.15. The Balaban J connectivity index is 1.64. The number of halogens is 3. The molecule has 0 atom stereocenters. The van der Waals surface area contributed by atoms with Crippen molar-refractivity contribution in [2.75, 3.05) is 12.8 Å². The molecule has 3 aromatic heterocycles. The van der Waals surface area contributed by atoms with E-state index in [0.29, 0.717) is 16.8 Å². The number of nitrogen functional groups attached to an aromatic ring is 1. The minimum atomic E-state index is -4.89. The zero-order chi connectivity index (χ0) is 26.1. The van der Waals surface area contributed by atoms with E-state index in [1.54, 1.807) is 18.3 Å². The van der Waals surface area contributed by atoms with Crippen LogP contribution in [0.4, 0.5) is 19.1 Å². The number of carbonyl (C=O) groups excluding carboxylic acids is 1. The summed E-state index contributed by atoms with van der Waals surface area (Å²) in [4.78, 5) is 21.2. The number of anilines is 1. The van der Waals surface area contributed by atoms with Crippen LogP contribution in [0.15, 0.2) is 54.9 Å². The predicted molar refractivity (Wildman–Crippen MR) is 113 cm³/mol. The van der Waals surface area contributed by atoms with Crippen molar-refractivity contribution in [2.24, 2.45) is 0 Å². The molecule has 0 unspecified atom stereocenters. The first-order valence-corrected chi connectivity index (χ1v) is 9.56. The summed E-state index contributed by atoms with van der Waals surface area (Å²) < 4.78 is 70.7. The molecule has 2 N–H and O–H groups in total. The van der Waals surface area contributed by atoms with Crippen LogP contribution in [0.3, 0.4) is 0 Å². The van der Waals surface area contributed by atoms with E-state index in [4.69, 9.17) is 14.6 Å². The Hall–Kier alpha value is -4.15. The Bertz CT molecular complexity index is 1420. The van der Waals surface area contributed by atoms with Crippen molar-refractivity contribution in [1.29, 1.82) is 0 Å². The third-order valence-corrected chi connectivity index (χ3v) is 4.76. The van der Waals surface area contributed by atoms with Crippen LogP contribution in [-0.2, 0) is 6.42 Å². The van der Waals surface area contributed by atoms with Crippen LogP contribution in [0.5, 0.6) is 11.6 Å². The lowest BCUT2D eigenvalue weighted by Gasteiger charge is -2.13. The molecule has 0 radical (unpaired) electrons. The van der Waals surface area contributed by atoms with E-state index in [1.165, 1.54) is 35.0 Å². The Morgan fingerprint density at radius 2 is 2.03 bits per heavy atom. The Morgan fingerprint density at radius 1 is 1.21 bits per heavy atom.